The average molecular weight is 165 g/mol. The second-order valence-electron chi connectivity index (χ2n) is 2.65. The molecule has 4 heteroatoms. The van der Waals surface area contributed by atoms with Crippen molar-refractivity contribution in [2.24, 2.45) is 5.73 Å². The van der Waals surface area contributed by atoms with E-state index in [9.17, 15) is 4.79 Å². The Morgan fingerprint density at radius 2 is 2.33 bits per heavy atom. The Balaban J connectivity index is 3.13. The summed E-state index contributed by atoms with van der Waals surface area (Å²) in [4.78, 5) is 14.3. The largest absolute Gasteiger partial charge is 0.383 e. The summed E-state index contributed by atoms with van der Waals surface area (Å²) < 4.78 is 0. The topological polar surface area (TPSA) is 82.0 Å². The van der Waals surface area contributed by atoms with Gasteiger partial charge in [0.15, 0.2) is 6.29 Å². The van der Waals surface area contributed by atoms with Crippen molar-refractivity contribution in [2.75, 3.05) is 5.73 Å². The number of anilines is 1. The van der Waals surface area contributed by atoms with E-state index in [-0.39, 0.29) is 11.9 Å². The fourth-order valence-corrected chi connectivity index (χ4v) is 0.853. The number of aldehydes is 1. The number of pyridine rings is 1. The van der Waals surface area contributed by atoms with E-state index in [2.05, 4.69) is 4.98 Å². The first-order chi connectivity index (χ1) is 5.65. The van der Waals surface area contributed by atoms with Gasteiger partial charge in [0.2, 0.25) is 0 Å². The monoisotopic (exact) mass is 165 g/mol. The second-order valence-corrected chi connectivity index (χ2v) is 2.65. The first-order valence-corrected chi connectivity index (χ1v) is 3.61. The van der Waals surface area contributed by atoms with E-state index in [1.807, 2.05) is 6.92 Å². The van der Waals surface area contributed by atoms with Crippen LogP contribution in [0.5, 0.6) is 0 Å². The zero-order valence-electron chi connectivity index (χ0n) is 6.82. The highest BCUT2D eigenvalue weighted by Crippen LogP contribution is 2.13. The third kappa shape index (κ3) is 1.60. The molecule has 1 aromatic rings. The average Bonchev–Trinajstić information content (AvgIpc) is 2.05. The Labute approximate surface area is 70.6 Å². The number of aromatic nitrogens is 1. The Kier molecular flexibility index (Phi) is 2.40. The van der Waals surface area contributed by atoms with Gasteiger partial charge in [-0.25, -0.2) is 4.98 Å². The van der Waals surface area contributed by atoms with Crippen LogP contribution in [0.3, 0.4) is 0 Å². The van der Waals surface area contributed by atoms with Crippen LogP contribution in [0.15, 0.2) is 12.3 Å². The van der Waals surface area contributed by atoms with Crippen molar-refractivity contribution in [3.05, 3.63) is 23.4 Å². The summed E-state index contributed by atoms with van der Waals surface area (Å²) in [5.74, 6) is 0.245. The van der Waals surface area contributed by atoms with Crippen LogP contribution in [0.2, 0.25) is 0 Å². The summed E-state index contributed by atoms with van der Waals surface area (Å²) in [7, 11) is 0. The van der Waals surface area contributed by atoms with Gasteiger partial charge in [0.05, 0.1) is 5.56 Å². The molecule has 0 saturated carbocycles. The van der Waals surface area contributed by atoms with E-state index in [0.29, 0.717) is 11.8 Å². The number of nitrogens with two attached hydrogens (primary N) is 2. The van der Waals surface area contributed by atoms with Crippen LogP contribution in [0.4, 0.5) is 5.82 Å². The van der Waals surface area contributed by atoms with Gasteiger partial charge in [0.25, 0.3) is 0 Å². The number of rotatable bonds is 2. The highest BCUT2D eigenvalue weighted by Gasteiger charge is 2.03. The van der Waals surface area contributed by atoms with E-state index >= 15 is 0 Å². The molecule has 0 fully saturated rings. The van der Waals surface area contributed by atoms with Gasteiger partial charge in [-0.05, 0) is 18.6 Å². The lowest BCUT2D eigenvalue weighted by Crippen LogP contribution is -2.07. The van der Waals surface area contributed by atoms with E-state index < -0.39 is 0 Å². The maximum Gasteiger partial charge on any atom is 0.153 e. The van der Waals surface area contributed by atoms with Crippen LogP contribution in [0, 0.1) is 0 Å². The van der Waals surface area contributed by atoms with E-state index in [0.717, 1.165) is 5.56 Å². The van der Waals surface area contributed by atoms with Gasteiger partial charge in [-0.2, -0.15) is 0 Å². The Morgan fingerprint density at radius 3 is 2.83 bits per heavy atom. The first kappa shape index (κ1) is 8.67. The second kappa shape index (κ2) is 3.32. The van der Waals surface area contributed by atoms with Gasteiger partial charge in [-0.3, -0.25) is 4.79 Å². The smallest absolute Gasteiger partial charge is 0.153 e. The third-order valence-electron chi connectivity index (χ3n) is 1.62. The Hall–Kier alpha value is -1.42. The van der Waals surface area contributed by atoms with Crippen molar-refractivity contribution in [1.82, 2.24) is 4.98 Å². The molecule has 1 heterocycles. The molecular weight excluding hydrogens is 154 g/mol. The van der Waals surface area contributed by atoms with Crippen LogP contribution in [-0.2, 0) is 0 Å². The van der Waals surface area contributed by atoms with Gasteiger partial charge < -0.3 is 11.5 Å². The number of carbonyl (C=O) groups excluding carboxylic acids is 1. The van der Waals surface area contributed by atoms with Crippen LogP contribution < -0.4 is 11.5 Å². The molecule has 0 radical (unpaired) electrons. The molecule has 0 aliphatic rings. The van der Waals surface area contributed by atoms with Crippen molar-refractivity contribution in [3.8, 4) is 0 Å². The lowest BCUT2D eigenvalue weighted by Gasteiger charge is -2.05. The molecule has 0 aliphatic heterocycles. The molecule has 1 aromatic heterocycles. The van der Waals surface area contributed by atoms with Crippen molar-refractivity contribution < 1.29 is 4.79 Å². The summed E-state index contributed by atoms with van der Waals surface area (Å²) in [5.41, 5.74) is 12.2. The number of nitrogens with zero attached hydrogens (tertiary/aromatic N) is 1. The SMILES string of the molecule is C[C@@H](N)c1cnc(N)c(C=O)c1. The highest BCUT2D eigenvalue weighted by atomic mass is 16.1. The summed E-state index contributed by atoms with van der Waals surface area (Å²) in [6.45, 7) is 1.82. The molecule has 0 aliphatic carbocycles. The summed E-state index contributed by atoms with van der Waals surface area (Å²) in [6.07, 6.45) is 2.25. The van der Waals surface area contributed by atoms with Crippen LogP contribution in [-0.4, -0.2) is 11.3 Å². The number of nitrogen functional groups attached to an aromatic ring is 1. The van der Waals surface area contributed by atoms with Crippen molar-refractivity contribution in [1.29, 1.82) is 0 Å². The number of hydrogen-bond donors (Lipinski definition) is 2. The highest BCUT2D eigenvalue weighted by molar-refractivity contribution is 5.81. The molecule has 4 nitrogen and oxygen atoms in total. The molecular formula is C8H11N3O. The first-order valence-electron chi connectivity index (χ1n) is 3.61. The molecule has 1 rings (SSSR count). The minimum absolute atomic E-state index is 0.128. The molecule has 0 spiro atoms. The molecule has 0 saturated heterocycles. The predicted molar refractivity (Wildman–Crippen MR) is 46.6 cm³/mol. The van der Waals surface area contributed by atoms with Crippen LogP contribution in [0.1, 0.15) is 28.9 Å². The zero-order chi connectivity index (χ0) is 9.14. The molecule has 1 atom stereocenters. The van der Waals surface area contributed by atoms with Gasteiger partial charge in [0.1, 0.15) is 5.82 Å². The van der Waals surface area contributed by atoms with Gasteiger partial charge >= 0.3 is 0 Å². The summed E-state index contributed by atoms with van der Waals surface area (Å²) >= 11 is 0. The maximum absolute atomic E-state index is 10.4. The summed E-state index contributed by atoms with van der Waals surface area (Å²) in [5, 5.41) is 0. The number of hydrogen-bond acceptors (Lipinski definition) is 4. The minimum Gasteiger partial charge on any atom is -0.383 e. The fraction of sp³-hybridized carbons (Fsp3) is 0.250. The van der Waals surface area contributed by atoms with Crippen molar-refractivity contribution in [2.45, 2.75) is 13.0 Å². The summed E-state index contributed by atoms with van der Waals surface area (Å²) in [6, 6.07) is 1.52. The van der Waals surface area contributed by atoms with E-state index in [4.69, 9.17) is 11.5 Å². The Morgan fingerprint density at radius 1 is 1.67 bits per heavy atom. The molecule has 0 bridgehead atoms. The molecule has 0 amide bonds. The molecule has 0 unspecified atom stereocenters. The van der Waals surface area contributed by atoms with Gasteiger partial charge in [0, 0.05) is 12.2 Å². The maximum atomic E-state index is 10.4. The van der Waals surface area contributed by atoms with Crippen LogP contribution >= 0.6 is 0 Å². The lowest BCUT2D eigenvalue weighted by molar-refractivity contribution is 0.112. The normalized spacial score (nSPS) is 12.5. The van der Waals surface area contributed by atoms with Gasteiger partial charge in [-0.15, -0.1) is 0 Å². The number of carbonyl (C=O) groups is 1. The molecule has 12 heavy (non-hydrogen) atoms. The molecule has 4 N–H and O–H groups in total. The van der Waals surface area contributed by atoms with Crippen molar-refractivity contribution >= 4 is 12.1 Å². The fourth-order valence-electron chi connectivity index (χ4n) is 0.853. The van der Waals surface area contributed by atoms with Crippen molar-refractivity contribution in [3.63, 3.8) is 0 Å². The standard InChI is InChI=1S/C8H11N3O/c1-5(9)6-2-7(4-12)8(10)11-3-6/h2-5H,9H2,1H3,(H2,10,11)/t5-/m1/s1. The van der Waals surface area contributed by atoms with E-state index in [1.54, 1.807) is 12.3 Å². The zero-order valence-corrected chi connectivity index (χ0v) is 6.82. The third-order valence-corrected chi connectivity index (χ3v) is 1.62. The predicted octanol–water partition coefficient (Wildman–Crippen LogP) is 0.496. The quantitative estimate of drug-likeness (QED) is 0.625. The molecule has 64 valence electrons. The molecule has 0 aromatic carbocycles. The minimum atomic E-state index is -0.128. The lowest BCUT2D eigenvalue weighted by atomic mass is 10.1. The van der Waals surface area contributed by atoms with Gasteiger partial charge in [-0.1, -0.05) is 0 Å². The van der Waals surface area contributed by atoms with E-state index in [1.165, 1.54) is 0 Å². The Bertz CT molecular complexity index is 296. The van der Waals surface area contributed by atoms with Crippen LogP contribution in [0.25, 0.3) is 0 Å².